The van der Waals surface area contributed by atoms with Crippen LogP contribution in [0.15, 0.2) is 104 Å². The number of aliphatic hydroxyl groups excluding tert-OH is 4. The Balaban J connectivity index is 0.000000448. The summed E-state index contributed by atoms with van der Waals surface area (Å²) in [7, 11) is -8.79. The molecule has 2 aromatic heterocycles. The second-order valence-corrected chi connectivity index (χ2v) is 18.0. The molecule has 1 atom stereocenters. The van der Waals surface area contributed by atoms with Gasteiger partial charge in [0.25, 0.3) is 26.1 Å². The molecule has 4 aromatic carbocycles. The van der Waals surface area contributed by atoms with Crippen LogP contribution in [-0.2, 0) is 25.0 Å². The molecule has 8 N–H and O–H groups in total. The van der Waals surface area contributed by atoms with Gasteiger partial charge in [-0.25, -0.2) is 9.97 Å². The Hall–Kier alpha value is -5.02. The Kier molecular flexibility index (Phi) is 16.9. The average Bonchev–Trinajstić information content (AvgIpc) is 3.95. The maximum atomic E-state index is 13.0. The van der Waals surface area contributed by atoms with Gasteiger partial charge in [-0.3, -0.25) is 13.9 Å². The van der Waals surface area contributed by atoms with Crippen molar-refractivity contribution in [2.75, 3.05) is 57.6 Å². The molecule has 0 aliphatic carbocycles. The fourth-order valence-electron chi connectivity index (χ4n) is 5.69. The molecule has 0 spiro atoms. The minimum Gasteiger partial charge on any atom is -0.395 e. The first kappa shape index (κ1) is 48.0. The van der Waals surface area contributed by atoms with E-state index in [9.17, 15) is 30.7 Å². The summed E-state index contributed by atoms with van der Waals surface area (Å²) in [5.74, 6) is -0.457. The number of thiazole rings is 2. The van der Waals surface area contributed by atoms with Gasteiger partial charge in [-0.2, -0.15) is 37.2 Å². The molecule has 1 aliphatic rings. The van der Waals surface area contributed by atoms with Gasteiger partial charge >= 0.3 is 0 Å². The maximum Gasteiger partial charge on any atom is 0.296 e. The molecule has 0 radical (unpaired) electrons. The number of azo groups is 1. The quantitative estimate of drug-likeness (QED) is 0.0410. The fraction of sp³-hybridized carbons (Fsp3) is 0.282. The highest BCUT2D eigenvalue weighted by molar-refractivity contribution is 7.86. The number of rotatable bonds is 15. The number of carbonyl (C=O) groups excluding carboxylic acids is 1. The summed E-state index contributed by atoms with van der Waals surface area (Å²) in [6, 6.07) is 20.4. The topological polar surface area (TPSA) is 297 Å². The van der Waals surface area contributed by atoms with Crippen LogP contribution in [-0.4, -0.2) is 127 Å². The molecule has 0 fully saturated rings. The Morgan fingerprint density at radius 1 is 0.694 bits per heavy atom. The Labute approximate surface area is 364 Å². The number of fused-ring (bicyclic) bond motifs is 2. The number of aryl methyl sites for hydroxylation is 1. The number of nitrogens with one attached hydrogen (secondary N) is 2. The lowest BCUT2D eigenvalue weighted by Gasteiger charge is -2.12. The summed E-state index contributed by atoms with van der Waals surface area (Å²) in [6.45, 7) is 6.11. The van der Waals surface area contributed by atoms with E-state index >= 15 is 0 Å². The van der Waals surface area contributed by atoms with Gasteiger partial charge in [-0.05, 0) is 92.2 Å². The molecule has 23 heteroatoms. The van der Waals surface area contributed by atoms with Crippen molar-refractivity contribution in [1.29, 1.82) is 0 Å². The van der Waals surface area contributed by atoms with Crippen LogP contribution in [0.1, 0.15) is 12.5 Å². The lowest BCUT2D eigenvalue weighted by atomic mass is 10.2. The molecular weight excluding hydrogens is 885 g/mol. The van der Waals surface area contributed by atoms with Crippen LogP contribution in [0.25, 0.3) is 41.6 Å². The van der Waals surface area contributed by atoms with E-state index in [1.54, 1.807) is 38.1 Å². The van der Waals surface area contributed by atoms with Crippen LogP contribution < -0.4 is 15.6 Å². The van der Waals surface area contributed by atoms with Gasteiger partial charge in [0.05, 0.1) is 68.8 Å². The van der Waals surface area contributed by atoms with Gasteiger partial charge in [0.1, 0.15) is 14.9 Å². The second-order valence-electron chi connectivity index (χ2n) is 13.2. The third-order valence-corrected chi connectivity index (χ3v) is 12.9. The van der Waals surface area contributed by atoms with Crippen molar-refractivity contribution in [3.05, 3.63) is 84.4 Å². The van der Waals surface area contributed by atoms with Gasteiger partial charge in [0.2, 0.25) is 0 Å². The SMILES string of the molecule is CC1=NN(c2ccc(S(=O)(=O)O)cc2)C(=O)C1N=Nc1ccc(-c2nc3ccc(-c4nc5ccc(C)c(S(=O)(=O)O)c5s4)cc3s2)cc1.OCCNCCO.OCCNCCO. The second kappa shape index (κ2) is 21.9. The van der Waals surface area contributed by atoms with E-state index in [4.69, 9.17) is 25.4 Å². The smallest absolute Gasteiger partial charge is 0.296 e. The molecule has 62 heavy (non-hydrogen) atoms. The standard InChI is InChI=1S/C31H22N6O7S4.2C4H11NO2/c1-16-3-13-24-27(28(16)48(42,43)44)46-30(33-24)19-6-14-23-25(15-19)45-29(32-23)18-4-7-20(8-5-18)34-35-26-17(2)36-37(31(26)38)21-9-11-22(12-10-21)47(39,40)41;2*6-3-1-5-2-4-7/h3-15,26H,1-2H3,(H,39,40,41)(H,42,43,44);2*5-7H,1-4H2. The van der Waals surface area contributed by atoms with Crippen molar-refractivity contribution in [2.24, 2.45) is 15.3 Å². The summed E-state index contributed by atoms with van der Waals surface area (Å²) in [6.07, 6.45) is 0. The van der Waals surface area contributed by atoms with Crippen molar-refractivity contribution in [3.63, 3.8) is 0 Å². The molecular formula is C39H44N8O11S4. The number of hydrogen-bond donors (Lipinski definition) is 8. The molecule has 6 aromatic rings. The number of aromatic nitrogens is 2. The zero-order valence-corrected chi connectivity index (χ0v) is 36.5. The number of amides is 1. The van der Waals surface area contributed by atoms with Crippen LogP contribution in [0.5, 0.6) is 0 Å². The molecule has 0 saturated carbocycles. The Morgan fingerprint density at radius 2 is 1.24 bits per heavy atom. The van der Waals surface area contributed by atoms with Crippen LogP contribution in [0.4, 0.5) is 11.4 Å². The van der Waals surface area contributed by atoms with Gasteiger partial charge in [-0.1, -0.05) is 6.07 Å². The van der Waals surface area contributed by atoms with E-state index < -0.39 is 32.2 Å². The number of hydrogen-bond acceptors (Lipinski definition) is 18. The van der Waals surface area contributed by atoms with Crippen molar-refractivity contribution >= 4 is 86.3 Å². The van der Waals surface area contributed by atoms with Crippen molar-refractivity contribution in [1.82, 2.24) is 20.6 Å². The van der Waals surface area contributed by atoms with Gasteiger partial charge in [0, 0.05) is 37.3 Å². The van der Waals surface area contributed by atoms with Crippen LogP contribution in [0.3, 0.4) is 0 Å². The van der Waals surface area contributed by atoms with E-state index in [1.807, 2.05) is 30.3 Å². The minimum absolute atomic E-state index is 0.126. The van der Waals surface area contributed by atoms with E-state index in [0.717, 1.165) is 31.4 Å². The first-order valence-electron chi connectivity index (χ1n) is 18.7. The van der Waals surface area contributed by atoms with Gasteiger partial charge in [0.15, 0.2) is 6.04 Å². The zero-order chi connectivity index (χ0) is 45.0. The maximum absolute atomic E-state index is 13.0. The highest BCUT2D eigenvalue weighted by Crippen LogP contribution is 2.39. The van der Waals surface area contributed by atoms with Crippen molar-refractivity contribution in [3.8, 4) is 21.1 Å². The summed E-state index contributed by atoms with van der Waals surface area (Å²) < 4.78 is 67.0. The number of carbonyl (C=O) groups is 1. The largest absolute Gasteiger partial charge is 0.395 e. The fourth-order valence-corrected chi connectivity index (χ4v) is 9.49. The summed E-state index contributed by atoms with van der Waals surface area (Å²) in [4.78, 5) is 22.0. The van der Waals surface area contributed by atoms with E-state index in [-0.39, 0.29) is 36.2 Å². The predicted octanol–water partition coefficient (Wildman–Crippen LogP) is 4.04. The lowest BCUT2D eigenvalue weighted by molar-refractivity contribution is -0.117. The highest BCUT2D eigenvalue weighted by atomic mass is 32.2. The molecule has 3 heterocycles. The Bertz CT molecular complexity index is 2740. The van der Waals surface area contributed by atoms with Crippen molar-refractivity contribution < 1.29 is 51.2 Å². The first-order valence-corrected chi connectivity index (χ1v) is 23.2. The van der Waals surface area contributed by atoms with Crippen LogP contribution in [0, 0.1) is 6.92 Å². The molecule has 0 saturated heterocycles. The molecule has 19 nitrogen and oxygen atoms in total. The number of anilines is 1. The third-order valence-electron chi connectivity index (χ3n) is 8.63. The average molecular weight is 929 g/mol. The zero-order valence-electron chi connectivity index (χ0n) is 33.3. The van der Waals surface area contributed by atoms with Gasteiger partial charge < -0.3 is 31.1 Å². The monoisotopic (exact) mass is 928 g/mol. The normalized spacial score (nSPS) is 14.3. The highest BCUT2D eigenvalue weighted by Gasteiger charge is 2.35. The number of nitrogens with zero attached hydrogens (tertiary/aromatic N) is 6. The van der Waals surface area contributed by atoms with E-state index in [2.05, 4.69) is 30.9 Å². The lowest BCUT2D eigenvalue weighted by Crippen LogP contribution is -2.29. The van der Waals surface area contributed by atoms with Crippen LogP contribution >= 0.6 is 22.7 Å². The Morgan fingerprint density at radius 3 is 1.81 bits per heavy atom. The number of benzene rings is 4. The molecule has 330 valence electrons. The molecule has 1 amide bonds. The van der Waals surface area contributed by atoms with E-state index in [0.29, 0.717) is 64.1 Å². The predicted molar refractivity (Wildman–Crippen MR) is 237 cm³/mol. The molecule has 0 bridgehead atoms. The van der Waals surface area contributed by atoms with E-state index in [1.165, 1.54) is 46.9 Å². The summed E-state index contributed by atoms with van der Waals surface area (Å²) >= 11 is 2.68. The molecule has 1 unspecified atom stereocenters. The third kappa shape index (κ3) is 12.3. The van der Waals surface area contributed by atoms with Gasteiger partial charge in [-0.15, -0.1) is 22.7 Å². The summed E-state index contributed by atoms with van der Waals surface area (Å²) in [5, 5.41) is 53.4. The minimum atomic E-state index is -4.42. The first-order chi connectivity index (χ1) is 29.6. The molecule has 1 aliphatic heterocycles. The number of hydrazone groups is 1. The molecule has 7 rings (SSSR count). The number of aliphatic hydroxyl groups is 4. The summed E-state index contributed by atoms with van der Waals surface area (Å²) in [5.41, 5.74) is 4.59. The van der Waals surface area contributed by atoms with Crippen LogP contribution in [0.2, 0.25) is 0 Å². The van der Waals surface area contributed by atoms with Crippen molar-refractivity contribution in [2.45, 2.75) is 29.7 Å².